The van der Waals surface area contributed by atoms with Crippen LogP contribution in [0.5, 0.6) is 0 Å². The van der Waals surface area contributed by atoms with Crippen LogP contribution in [0, 0.1) is 0 Å². The Labute approximate surface area is 115 Å². The van der Waals surface area contributed by atoms with Gasteiger partial charge in [0.05, 0.1) is 5.69 Å². The number of nitrogens with zero attached hydrogens (tertiary/aromatic N) is 2. The van der Waals surface area contributed by atoms with E-state index in [1.54, 1.807) is 0 Å². The lowest BCUT2D eigenvalue weighted by Gasteiger charge is -2.40. The molecule has 1 aromatic heterocycles. The van der Waals surface area contributed by atoms with Crippen LogP contribution in [0.15, 0.2) is 54.7 Å². The van der Waals surface area contributed by atoms with Gasteiger partial charge < -0.3 is 4.90 Å². The fourth-order valence-corrected chi connectivity index (χ4v) is 3.10. The van der Waals surface area contributed by atoms with Crippen molar-refractivity contribution in [3.8, 4) is 0 Å². The highest BCUT2D eigenvalue weighted by Crippen LogP contribution is 2.40. The molecule has 2 nitrogen and oxygen atoms in total. The molecule has 19 heavy (non-hydrogen) atoms. The van der Waals surface area contributed by atoms with Crippen molar-refractivity contribution >= 4 is 0 Å². The predicted molar refractivity (Wildman–Crippen MR) is 78.2 cm³/mol. The summed E-state index contributed by atoms with van der Waals surface area (Å²) in [5, 5.41) is 0. The molecule has 0 atom stereocenters. The van der Waals surface area contributed by atoms with E-state index in [9.17, 15) is 0 Å². The molecule has 2 heterocycles. The van der Waals surface area contributed by atoms with Gasteiger partial charge >= 0.3 is 0 Å². The molecule has 1 aliphatic rings. The van der Waals surface area contributed by atoms with Gasteiger partial charge in [-0.15, -0.1) is 0 Å². The van der Waals surface area contributed by atoms with E-state index in [1.807, 2.05) is 12.3 Å². The highest BCUT2D eigenvalue weighted by molar-refractivity contribution is 5.36. The number of benzene rings is 1. The SMILES string of the molecule is CN1CCC(c2ccccc2)(c2ccccn2)CC1. The second-order valence-corrected chi connectivity index (χ2v) is 5.47. The minimum atomic E-state index is 0.0923. The first-order chi connectivity index (χ1) is 9.31. The van der Waals surface area contributed by atoms with Gasteiger partial charge in [-0.1, -0.05) is 36.4 Å². The quantitative estimate of drug-likeness (QED) is 0.816. The van der Waals surface area contributed by atoms with Crippen molar-refractivity contribution in [1.82, 2.24) is 9.88 Å². The van der Waals surface area contributed by atoms with Crippen molar-refractivity contribution in [2.45, 2.75) is 18.3 Å². The standard InChI is InChI=1S/C17H20N2/c1-19-13-10-17(11-14-19,15-7-3-2-4-8-15)16-9-5-6-12-18-16/h2-9,12H,10-11,13-14H2,1H3. The lowest BCUT2D eigenvalue weighted by Crippen LogP contribution is -2.42. The Morgan fingerprint density at radius 3 is 2.26 bits per heavy atom. The topological polar surface area (TPSA) is 16.1 Å². The summed E-state index contributed by atoms with van der Waals surface area (Å²) >= 11 is 0. The predicted octanol–water partition coefficient (Wildman–Crippen LogP) is 3.09. The van der Waals surface area contributed by atoms with Crippen LogP contribution < -0.4 is 0 Å². The first-order valence-electron chi connectivity index (χ1n) is 6.97. The second kappa shape index (κ2) is 5.14. The first kappa shape index (κ1) is 12.4. The number of likely N-dealkylation sites (tertiary alicyclic amines) is 1. The average Bonchev–Trinajstić information content (AvgIpc) is 2.50. The molecule has 0 saturated carbocycles. The van der Waals surface area contributed by atoms with Gasteiger partial charge in [-0.2, -0.15) is 0 Å². The number of piperidine rings is 1. The number of aromatic nitrogens is 1. The Balaban J connectivity index is 2.06. The molecule has 2 aromatic rings. The van der Waals surface area contributed by atoms with Crippen molar-refractivity contribution in [2.24, 2.45) is 0 Å². The lowest BCUT2D eigenvalue weighted by molar-refractivity contribution is 0.210. The lowest BCUT2D eigenvalue weighted by atomic mass is 9.70. The van der Waals surface area contributed by atoms with Crippen LogP contribution in [0.4, 0.5) is 0 Å². The summed E-state index contributed by atoms with van der Waals surface area (Å²) in [6.07, 6.45) is 4.20. The average molecular weight is 252 g/mol. The van der Waals surface area contributed by atoms with Crippen LogP contribution in [-0.2, 0) is 5.41 Å². The summed E-state index contributed by atoms with van der Waals surface area (Å²) in [5.74, 6) is 0. The molecule has 0 unspecified atom stereocenters. The maximum Gasteiger partial charge on any atom is 0.0510 e. The van der Waals surface area contributed by atoms with E-state index in [2.05, 4.69) is 59.4 Å². The highest BCUT2D eigenvalue weighted by Gasteiger charge is 2.37. The first-order valence-corrected chi connectivity index (χ1v) is 6.97. The molecule has 3 rings (SSSR count). The third-order valence-corrected chi connectivity index (χ3v) is 4.32. The summed E-state index contributed by atoms with van der Waals surface area (Å²) in [6.45, 7) is 2.26. The molecule has 1 aliphatic heterocycles. The maximum atomic E-state index is 4.66. The van der Waals surface area contributed by atoms with Crippen LogP contribution in [-0.4, -0.2) is 30.0 Å². The zero-order valence-corrected chi connectivity index (χ0v) is 11.4. The molecule has 0 bridgehead atoms. The Bertz CT molecular complexity index is 472. The molecule has 1 aromatic carbocycles. The minimum absolute atomic E-state index is 0.0923. The zero-order chi connectivity index (χ0) is 13.1. The molecule has 2 heteroatoms. The highest BCUT2D eigenvalue weighted by atomic mass is 15.1. The molecule has 0 amide bonds. The zero-order valence-electron chi connectivity index (χ0n) is 11.4. The van der Waals surface area contributed by atoms with Gasteiger partial charge in [0.15, 0.2) is 0 Å². The number of hydrogen-bond donors (Lipinski definition) is 0. The number of pyridine rings is 1. The van der Waals surface area contributed by atoms with Crippen molar-refractivity contribution in [3.63, 3.8) is 0 Å². The number of hydrogen-bond acceptors (Lipinski definition) is 2. The molecule has 0 radical (unpaired) electrons. The molecule has 0 spiro atoms. The van der Waals surface area contributed by atoms with E-state index in [1.165, 1.54) is 11.3 Å². The van der Waals surface area contributed by atoms with E-state index >= 15 is 0 Å². The van der Waals surface area contributed by atoms with Crippen molar-refractivity contribution in [3.05, 3.63) is 66.0 Å². The summed E-state index contributed by atoms with van der Waals surface area (Å²) in [4.78, 5) is 7.06. The van der Waals surface area contributed by atoms with Crippen LogP contribution >= 0.6 is 0 Å². The Kier molecular flexibility index (Phi) is 3.34. The van der Waals surface area contributed by atoms with Crippen molar-refractivity contribution in [2.75, 3.05) is 20.1 Å². The minimum Gasteiger partial charge on any atom is -0.306 e. The van der Waals surface area contributed by atoms with Gasteiger partial charge in [0.2, 0.25) is 0 Å². The third-order valence-electron chi connectivity index (χ3n) is 4.32. The van der Waals surface area contributed by atoms with Crippen molar-refractivity contribution < 1.29 is 0 Å². The fraction of sp³-hybridized carbons (Fsp3) is 0.353. The largest absolute Gasteiger partial charge is 0.306 e. The second-order valence-electron chi connectivity index (χ2n) is 5.47. The molecule has 98 valence electrons. The summed E-state index contributed by atoms with van der Waals surface area (Å²) in [5.41, 5.74) is 2.71. The van der Waals surface area contributed by atoms with Gasteiger partial charge in [0.25, 0.3) is 0 Å². The molecule has 1 saturated heterocycles. The van der Waals surface area contributed by atoms with Crippen LogP contribution in [0.25, 0.3) is 0 Å². The van der Waals surface area contributed by atoms with Crippen molar-refractivity contribution in [1.29, 1.82) is 0 Å². The van der Waals surface area contributed by atoms with E-state index in [0.29, 0.717) is 0 Å². The normalized spacial score (nSPS) is 19.2. The van der Waals surface area contributed by atoms with Gasteiger partial charge in [-0.25, -0.2) is 0 Å². The van der Waals surface area contributed by atoms with E-state index in [4.69, 9.17) is 0 Å². The third kappa shape index (κ3) is 2.28. The van der Waals surface area contributed by atoms with Gasteiger partial charge in [0, 0.05) is 11.6 Å². The maximum absolute atomic E-state index is 4.66. The molecule has 0 N–H and O–H groups in total. The van der Waals surface area contributed by atoms with E-state index in [-0.39, 0.29) is 5.41 Å². The fourth-order valence-electron chi connectivity index (χ4n) is 3.10. The number of rotatable bonds is 2. The molecule has 0 aliphatic carbocycles. The van der Waals surface area contributed by atoms with Crippen LogP contribution in [0.3, 0.4) is 0 Å². The van der Waals surface area contributed by atoms with E-state index < -0.39 is 0 Å². The van der Waals surface area contributed by atoms with Gasteiger partial charge in [-0.3, -0.25) is 4.98 Å². The monoisotopic (exact) mass is 252 g/mol. The Hall–Kier alpha value is -1.67. The summed E-state index contributed by atoms with van der Waals surface area (Å²) in [6, 6.07) is 17.1. The van der Waals surface area contributed by atoms with Gasteiger partial charge in [-0.05, 0) is 50.7 Å². The molecular formula is C17H20N2. The van der Waals surface area contributed by atoms with E-state index in [0.717, 1.165) is 25.9 Å². The summed E-state index contributed by atoms with van der Waals surface area (Å²) in [7, 11) is 2.20. The van der Waals surface area contributed by atoms with Gasteiger partial charge in [0.1, 0.15) is 0 Å². The smallest absolute Gasteiger partial charge is 0.0510 e. The van der Waals surface area contributed by atoms with Crippen LogP contribution in [0.2, 0.25) is 0 Å². The van der Waals surface area contributed by atoms with Crippen LogP contribution in [0.1, 0.15) is 24.1 Å². The summed E-state index contributed by atoms with van der Waals surface area (Å²) < 4.78 is 0. The Morgan fingerprint density at radius 1 is 0.947 bits per heavy atom. The molecular weight excluding hydrogens is 232 g/mol. The Morgan fingerprint density at radius 2 is 1.63 bits per heavy atom. The molecule has 1 fully saturated rings.